The highest BCUT2D eigenvalue weighted by atomic mass is 32.2. The second-order valence-corrected chi connectivity index (χ2v) is 10.3. The summed E-state index contributed by atoms with van der Waals surface area (Å²) >= 11 is 0. The molecule has 1 N–H and O–H groups in total. The summed E-state index contributed by atoms with van der Waals surface area (Å²) in [6.45, 7) is 10.5. The van der Waals surface area contributed by atoms with Gasteiger partial charge in [0, 0.05) is 5.39 Å². The molecular weight excluding hydrogens is 378 g/mol. The third kappa shape index (κ3) is 6.29. The lowest BCUT2D eigenvalue weighted by molar-refractivity contribution is -0.159. The molecule has 0 saturated carbocycles. The van der Waals surface area contributed by atoms with E-state index in [9.17, 15) is 13.2 Å². The lowest BCUT2D eigenvalue weighted by Gasteiger charge is -2.27. The molecule has 154 valence electrons. The minimum absolute atomic E-state index is 0.106. The van der Waals surface area contributed by atoms with Gasteiger partial charge in [-0.05, 0) is 53.0 Å². The lowest BCUT2D eigenvalue weighted by atomic mass is 10.1. The molecule has 7 heteroatoms. The molecule has 2 aromatic rings. The van der Waals surface area contributed by atoms with Crippen molar-refractivity contribution in [3.8, 4) is 0 Å². The van der Waals surface area contributed by atoms with E-state index in [1.807, 2.05) is 39.0 Å². The molecule has 0 bridgehead atoms. The first-order chi connectivity index (χ1) is 12.8. The summed E-state index contributed by atoms with van der Waals surface area (Å²) in [4.78, 5) is 12.7. The molecule has 0 fully saturated rings. The Hall–Kier alpha value is -1.96. The minimum Gasteiger partial charge on any atom is -0.459 e. The van der Waals surface area contributed by atoms with E-state index in [-0.39, 0.29) is 11.5 Å². The summed E-state index contributed by atoms with van der Waals surface area (Å²) < 4.78 is 39.7. The highest BCUT2D eigenvalue weighted by Crippen LogP contribution is 2.23. The topological polar surface area (TPSA) is 81.7 Å². The monoisotopic (exact) mass is 407 g/mol. The van der Waals surface area contributed by atoms with Crippen molar-refractivity contribution in [2.75, 3.05) is 6.61 Å². The Morgan fingerprint density at radius 1 is 0.964 bits per heavy atom. The van der Waals surface area contributed by atoms with E-state index >= 15 is 0 Å². The molecule has 0 radical (unpaired) electrons. The van der Waals surface area contributed by atoms with E-state index in [2.05, 4.69) is 4.72 Å². The van der Waals surface area contributed by atoms with Gasteiger partial charge in [0.2, 0.25) is 10.0 Å². The Morgan fingerprint density at radius 3 is 2.18 bits per heavy atom. The fraction of sp³-hybridized carbons (Fsp3) is 0.476. The quantitative estimate of drug-likeness (QED) is 0.739. The third-order valence-electron chi connectivity index (χ3n) is 3.71. The van der Waals surface area contributed by atoms with Gasteiger partial charge in [-0.3, -0.25) is 4.79 Å². The smallest absolute Gasteiger partial charge is 0.327 e. The number of sulfonamides is 1. The number of esters is 1. The maximum atomic E-state index is 13.1. The van der Waals surface area contributed by atoms with Crippen LogP contribution in [-0.2, 0) is 24.3 Å². The summed E-state index contributed by atoms with van der Waals surface area (Å²) in [7, 11) is -3.99. The van der Waals surface area contributed by atoms with Crippen molar-refractivity contribution in [2.45, 2.75) is 63.7 Å². The molecule has 0 aromatic heterocycles. The molecule has 0 aliphatic heterocycles. The van der Waals surface area contributed by atoms with Crippen LogP contribution in [0, 0.1) is 0 Å². The molecule has 2 aromatic carbocycles. The van der Waals surface area contributed by atoms with Crippen LogP contribution in [0.4, 0.5) is 0 Å². The van der Waals surface area contributed by atoms with E-state index in [1.165, 1.54) is 6.07 Å². The van der Waals surface area contributed by atoms with Gasteiger partial charge in [0.15, 0.2) is 0 Å². The van der Waals surface area contributed by atoms with Crippen molar-refractivity contribution in [1.29, 1.82) is 0 Å². The SMILES string of the molecule is CC(C)(C)OCC(NS(=O)(=O)c1cccc2ccccc12)C(=O)OC(C)(C)C. The number of hydrogen-bond donors (Lipinski definition) is 1. The number of ether oxygens (including phenoxy) is 2. The molecule has 1 atom stereocenters. The van der Waals surface area contributed by atoms with E-state index in [0.717, 1.165) is 5.39 Å². The first-order valence-electron chi connectivity index (χ1n) is 9.15. The normalized spacial score (nSPS) is 14.1. The maximum absolute atomic E-state index is 13.1. The predicted molar refractivity (Wildman–Crippen MR) is 110 cm³/mol. The molecule has 28 heavy (non-hydrogen) atoms. The Morgan fingerprint density at radius 2 is 1.57 bits per heavy atom. The zero-order chi connectivity index (χ0) is 21.2. The van der Waals surface area contributed by atoms with Crippen molar-refractivity contribution in [1.82, 2.24) is 4.72 Å². The zero-order valence-electron chi connectivity index (χ0n) is 17.3. The fourth-order valence-electron chi connectivity index (χ4n) is 2.54. The molecule has 6 nitrogen and oxygen atoms in total. The lowest BCUT2D eigenvalue weighted by Crippen LogP contribution is -2.48. The number of fused-ring (bicyclic) bond motifs is 1. The number of carbonyl (C=O) groups excluding carboxylic acids is 1. The van der Waals surface area contributed by atoms with Crippen LogP contribution in [0.2, 0.25) is 0 Å². The molecule has 0 aliphatic rings. The summed E-state index contributed by atoms with van der Waals surface area (Å²) in [6, 6.07) is 11.0. The van der Waals surface area contributed by atoms with Gasteiger partial charge >= 0.3 is 5.97 Å². The first kappa shape index (κ1) is 22.3. The van der Waals surface area contributed by atoms with E-state index in [1.54, 1.807) is 39.0 Å². The first-order valence-corrected chi connectivity index (χ1v) is 10.6. The van der Waals surface area contributed by atoms with Crippen LogP contribution in [0.5, 0.6) is 0 Å². The highest BCUT2D eigenvalue weighted by Gasteiger charge is 2.32. The van der Waals surface area contributed by atoms with Gasteiger partial charge in [-0.1, -0.05) is 36.4 Å². The number of hydrogen-bond acceptors (Lipinski definition) is 5. The van der Waals surface area contributed by atoms with Gasteiger partial charge in [0.1, 0.15) is 11.6 Å². The van der Waals surface area contributed by atoms with Crippen LogP contribution < -0.4 is 4.72 Å². The van der Waals surface area contributed by atoms with E-state index in [0.29, 0.717) is 5.39 Å². The molecule has 0 heterocycles. The summed E-state index contributed by atoms with van der Waals surface area (Å²) in [5.74, 6) is -0.680. The molecular formula is C21H29NO5S. The second-order valence-electron chi connectivity index (χ2n) is 8.61. The number of rotatable bonds is 6. The zero-order valence-corrected chi connectivity index (χ0v) is 18.1. The highest BCUT2D eigenvalue weighted by molar-refractivity contribution is 7.89. The van der Waals surface area contributed by atoms with Gasteiger partial charge < -0.3 is 9.47 Å². The van der Waals surface area contributed by atoms with Crippen LogP contribution in [0.3, 0.4) is 0 Å². The van der Waals surface area contributed by atoms with Crippen molar-refractivity contribution in [2.24, 2.45) is 0 Å². The van der Waals surface area contributed by atoms with Crippen LogP contribution in [0.1, 0.15) is 41.5 Å². The van der Waals surface area contributed by atoms with E-state index in [4.69, 9.17) is 9.47 Å². The van der Waals surface area contributed by atoms with Crippen molar-refractivity contribution >= 4 is 26.8 Å². The Bertz CT molecular complexity index is 934. The number of benzene rings is 2. The second kappa shape index (κ2) is 8.19. The molecule has 0 aliphatic carbocycles. The van der Waals surface area contributed by atoms with Crippen LogP contribution in [0.25, 0.3) is 10.8 Å². The summed E-state index contributed by atoms with van der Waals surface area (Å²) in [5.41, 5.74) is -1.28. The van der Waals surface area contributed by atoms with Gasteiger partial charge in [-0.15, -0.1) is 0 Å². The van der Waals surface area contributed by atoms with E-state index < -0.39 is 33.2 Å². The number of nitrogens with one attached hydrogen (secondary N) is 1. The van der Waals surface area contributed by atoms with Gasteiger partial charge in [-0.25, -0.2) is 8.42 Å². The Balaban J connectivity index is 2.36. The average Bonchev–Trinajstić information content (AvgIpc) is 2.55. The third-order valence-corrected chi connectivity index (χ3v) is 5.24. The molecule has 0 spiro atoms. The Labute approximate surface area is 167 Å². The Kier molecular flexibility index (Phi) is 6.53. The minimum atomic E-state index is -3.99. The van der Waals surface area contributed by atoms with Crippen LogP contribution >= 0.6 is 0 Å². The van der Waals surface area contributed by atoms with Crippen LogP contribution in [0.15, 0.2) is 47.4 Å². The largest absolute Gasteiger partial charge is 0.459 e. The van der Waals surface area contributed by atoms with Crippen molar-refractivity contribution in [3.63, 3.8) is 0 Å². The molecule has 0 amide bonds. The standard InChI is InChI=1S/C21H29NO5S/c1-20(2,3)26-14-17(19(23)27-21(4,5)6)22-28(24,25)18-13-9-11-15-10-7-8-12-16(15)18/h7-13,17,22H,14H2,1-6H3. The average molecular weight is 408 g/mol. The van der Waals surface area contributed by atoms with Gasteiger partial charge in [0.05, 0.1) is 17.1 Å². The molecule has 1 unspecified atom stereocenters. The summed E-state index contributed by atoms with van der Waals surface area (Å²) in [6.07, 6.45) is 0. The summed E-state index contributed by atoms with van der Waals surface area (Å²) in [5, 5.41) is 1.38. The van der Waals surface area contributed by atoms with Crippen LogP contribution in [-0.4, -0.2) is 38.2 Å². The van der Waals surface area contributed by atoms with Gasteiger partial charge in [0.25, 0.3) is 0 Å². The van der Waals surface area contributed by atoms with Crippen molar-refractivity contribution in [3.05, 3.63) is 42.5 Å². The van der Waals surface area contributed by atoms with Gasteiger partial charge in [-0.2, -0.15) is 4.72 Å². The number of carbonyl (C=O) groups is 1. The fourth-order valence-corrected chi connectivity index (χ4v) is 3.94. The molecule has 0 saturated heterocycles. The molecule has 2 rings (SSSR count). The predicted octanol–water partition coefficient (Wildman–Crippen LogP) is 3.64. The maximum Gasteiger partial charge on any atom is 0.327 e. The van der Waals surface area contributed by atoms with Crippen molar-refractivity contribution < 1.29 is 22.7 Å².